The van der Waals surface area contributed by atoms with Gasteiger partial charge >= 0.3 is 0 Å². The molecule has 0 bridgehead atoms. The number of carbonyl (C=O) groups is 3. The first kappa shape index (κ1) is 20.4. The van der Waals surface area contributed by atoms with Gasteiger partial charge in [-0.25, -0.2) is 0 Å². The second-order valence-electron chi connectivity index (χ2n) is 7.20. The summed E-state index contributed by atoms with van der Waals surface area (Å²) in [6, 6.07) is 13.8. The molecular formula is C22H26N4O3. The van der Waals surface area contributed by atoms with Crippen LogP contribution in [0.5, 0.6) is 0 Å². The Morgan fingerprint density at radius 3 is 2.48 bits per heavy atom. The molecular weight excluding hydrogens is 368 g/mol. The van der Waals surface area contributed by atoms with E-state index in [-0.39, 0.29) is 24.4 Å². The largest absolute Gasteiger partial charge is 0.376 e. The molecule has 7 heteroatoms. The van der Waals surface area contributed by atoms with Gasteiger partial charge in [-0.3, -0.25) is 14.4 Å². The predicted octanol–water partition coefficient (Wildman–Crippen LogP) is 2.90. The van der Waals surface area contributed by atoms with Crippen molar-refractivity contribution in [2.45, 2.75) is 38.1 Å². The Kier molecular flexibility index (Phi) is 6.84. The number of carbonyl (C=O) groups excluding carboxylic acids is 3. The van der Waals surface area contributed by atoms with E-state index in [0.717, 1.165) is 25.7 Å². The van der Waals surface area contributed by atoms with Crippen molar-refractivity contribution in [3.05, 3.63) is 59.7 Å². The summed E-state index contributed by atoms with van der Waals surface area (Å²) in [6.07, 6.45) is 5.55. The van der Waals surface area contributed by atoms with E-state index in [1.54, 1.807) is 48.5 Å². The van der Waals surface area contributed by atoms with Crippen LogP contribution < -0.4 is 21.7 Å². The lowest BCUT2D eigenvalue weighted by Crippen LogP contribution is -2.36. The van der Waals surface area contributed by atoms with E-state index in [0.29, 0.717) is 22.5 Å². The molecule has 1 aliphatic carbocycles. The van der Waals surface area contributed by atoms with E-state index in [1.807, 2.05) is 0 Å². The van der Waals surface area contributed by atoms with Crippen molar-refractivity contribution < 1.29 is 14.4 Å². The first-order valence-electron chi connectivity index (χ1n) is 9.86. The third kappa shape index (κ3) is 5.81. The molecule has 2 aromatic rings. The van der Waals surface area contributed by atoms with Crippen LogP contribution in [0, 0.1) is 0 Å². The molecule has 0 heterocycles. The van der Waals surface area contributed by atoms with Crippen LogP contribution in [-0.4, -0.2) is 30.3 Å². The quantitative estimate of drug-likeness (QED) is 0.578. The van der Waals surface area contributed by atoms with Gasteiger partial charge in [-0.05, 0) is 43.2 Å². The number of nitrogens with two attached hydrogens (primary N) is 1. The van der Waals surface area contributed by atoms with Crippen LogP contribution >= 0.6 is 0 Å². The molecule has 3 rings (SSSR count). The molecule has 0 saturated heterocycles. The minimum Gasteiger partial charge on any atom is -0.376 e. The van der Waals surface area contributed by atoms with Crippen LogP contribution in [-0.2, 0) is 4.79 Å². The molecule has 5 N–H and O–H groups in total. The highest BCUT2D eigenvalue weighted by Gasteiger charge is 2.17. The van der Waals surface area contributed by atoms with E-state index in [4.69, 9.17) is 5.73 Å². The van der Waals surface area contributed by atoms with Crippen LogP contribution in [0.1, 0.15) is 52.8 Å². The monoisotopic (exact) mass is 394 g/mol. The van der Waals surface area contributed by atoms with E-state index < -0.39 is 5.91 Å². The summed E-state index contributed by atoms with van der Waals surface area (Å²) >= 11 is 0. The Bertz CT molecular complexity index is 891. The van der Waals surface area contributed by atoms with Crippen LogP contribution in [0.4, 0.5) is 11.4 Å². The summed E-state index contributed by atoms with van der Waals surface area (Å²) in [7, 11) is 0. The fourth-order valence-electron chi connectivity index (χ4n) is 3.49. The highest BCUT2D eigenvalue weighted by atomic mass is 16.2. The summed E-state index contributed by atoms with van der Waals surface area (Å²) in [5.41, 5.74) is 7.21. The lowest BCUT2D eigenvalue weighted by atomic mass is 9.95. The van der Waals surface area contributed by atoms with Crippen molar-refractivity contribution in [1.82, 2.24) is 5.32 Å². The van der Waals surface area contributed by atoms with Crippen molar-refractivity contribution in [1.29, 1.82) is 0 Å². The summed E-state index contributed by atoms with van der Waals surface area (Å²) in [5, 5.41) is 8.75. The zero-order valence-electron chi connectivity index (χ0n) is 16.2. The Balaban J connectivity index is 1.56. The maximum atomic E-state index is 12.5. The van der Waals surface area contributed by atoms with Gasteiger partial charge < -0.3 is 21.7 Å². The van der Waals surface area contributed by atoms with Gasteiger partial charge in [-0.15, -0.1) is 0 Å². The molecule has 0 aliphatic heterocycles. The highest BCUT2D eigenvalue weighted by Crippen LogP contribution is 2.19. The normalized spacial score (nSPS) is 14.1. The minimum atomic E-state index is -0.565. The summed E-state index contributed by atoms with van der Waals surface area (Å²) in [4.78, 5) is 36.2. The Morgan fingerprint density at radius 1 is 0.966 bits per heavy atom. The van der Waals surface area contributed by atoms with Crippen molar-refractivity contribution in [3.8, 4) is 0 Å². The molecule has 0 unspecified atom stereocenters. The molecule has 1 saturated carbocycles. The molecule has 3 amide bonds. The van der Waals surface area contributed by atoms with Gasteiger partial charge in [0.1, 0.15) is 0 Å². The molecule has 0 aromatic heterocycles. The number of amides is 3. The van der Waals surface area contributed by atoms with Crippen LogP contribution in [0.3, 0.4) is 0 Å². The topological polar surface area (TPSA) is 113 Å². The zero-order valence-corrected chi connectivity index (χ0v) is 16.2. The number of nitrogens with one attached hydrogen (secondary N) is 3. The number of benzene rings is 2. The third-order valence-corrected chi connectivity index (χ3v) is 4.98. The summed E-state index contributed by atoms with van der Waals surface area (Å²) < 4.78 is 0. The molecule has 1 aliphatic rings. The summed E-state index contributed by atoms with van der Waals surface area (Å²) in [6.45, 7) is -0.0389. The van der Waals surface area contributed by atoms with Crippen molar-refractivity contribution in [2.24, 2.45) is 5.73 Å². The smallest absolute Gasteiger partial charge is 0.251 e. The maximum Gasteiger partial charge on any atom is 0.251 e. The SMILES string of the molecule is NC(=O)c1ccccc1NCC(=O)Nc1cccc(C(=O)NC2CCCCC2)c1. The fraction of sp³-hybridized carbons (Fsp3) is 0.318. The highest BCUT2D eigenvalue weighted by molar-refractivity contribution is 6.00. The molecule has 0 atom stereocenters. The lowest BCUT2D eigenvalue weighted by Gasteiger charge is -2.22. The number of para-hydroxylation sites is 1. The van der Waals surface area contributed by atoms with Gasteiger partial charge in [0.15, 0.2) is 0 Å². The number of hydrogen-bond donors (Lipinski definition) is 4. The molecule has 0 radical (unpaired) electrons. The molecule has 29 heavy (non-hydrogen) atoms. The second-order valence-corrected chi connectivity index (χ2v) is 7.20. The van der Waals surface area contributed by atoms with Gasteiger partial charge in [-0.2, -0.15) is 0 Å². The average Bonchev–Trinajstić information content (AvgIpc) is 2.73. The Morgan fingerprint density at radius 2 is 1.72 bits per heavy atom. The predicted molar refractivity (Wildman–Crippen MR) is 113 cm³/mol. The van der Waals surface area contributed by atoms with E-state index in [2.05, 4.69) is 16.0 Å². The van der Waals surface area contributed by atoms with Gasteiger partial charge in [0.05, 0.1) is 12.1 Å². The Hall–Kier alpha value is -3.35. The minimum absolute atomic E-state index is 0.0389. The van der Waals surface area contributed by atoms with Crippen molar-refractivity contribution in [3.63, 3.8) is 0 Å². The lowest BCUT2D eigenvalue weighted by molar-refractivity contribution is -0.114. The molecule has 2 aromatic carbocycles. The van der Waals surface area contributed by atoms with Crippen LogP contribution in [0.25, 0.3) is 0 Å². The second kappa shape index (κ2) is 9.73. The number of hydrogen-bond acceptors (Lipinski definition) is 4. The van der Waals surface area contributed by atoms with Crippen LogP contribution in [0.15, 0.2) is 48.5 Å². The van der Waals surface area contributed by atoms with Gasteiger partial charge in [0.2, 0.25) is 5.91 Å². The van der Waals surface area contributed by atoms with Crippen LogP contribution in [0.2, 0.25) is 0 Å². The van der Waals surface area contributed by atoms with Crippen molar-refractivity contribution >= 4 is 29.1 Å². The number of rotatable bonds is 7. The van der Waals surface area contributed by atoms with Gasteiger partial charge in [0.25, 0.3) is 11.8 Å². The van der Waals surface area contributed by atoms with E-state index in [1.165, 1.54) is 6.42 Å². The van der Waals surface area contributed by atoms with Gasteiger partial charge in [0, 0.05) is 23.0 Å². The van der Waals surface area contributed by atoms with E-state index >= 15 is 0 Å². The third-order valence-electron chi connectivity index (χ3n) is 4.98. The summed E-state index contributed by atoms with van der Waals surface area (Å²) in [5.74, 6) is -0.985. The standard InChI is InChI=1S/C22H26N4O3/c23-21(28)18-11-4-5-12-19(18)24-14-20(27)25-17-10-6-7-15(13-17)22(29)26-16-8-2-1-3-9-16/h4-7,10-13,16,24H,1-3,8-9,14H2,(H2,23,28)(H,25,27)(H,26,29). The zero-order chi connectivity index (χ0) is 20.6. The Labute approximate surface area is 170 Å². The number of primary amides is 1. The van der Waals surface area contributed by atoms with E-state index in [9.17, 15) is 14.4 Å². The average molecular weight is 394 g/mol. The molecule has 7 nitrogen and oxygen atoms in total. The number of anilines is 2. The molecule has 1 fully saturated rings. The molecule has 0 spiro atoms. The maximum absolute atomic E-state index is 12.5. The van der Waals surface area contributed by atoms with Gasteiger partial charge in [-0.1, -0.05) is 37.5 Å². The fourth-order valence-corrected chi connectivity index (χ4v) is 3.49. The van der Waals surface area contributed by atoms with Crippen molar-refractivity contribution in [2.75, 3.05) is 17.2 Å². The molecule has 152 valence electrons. The first-order valence-corrected chi connectivity index (χ1v) is 9.86. The first-order chi connectivity index (χ1) is 14.0.